The number of nitrogens with zero attached hydrogens (tertiary/aromatic N) is 1. The lowest BCUT2D eigenvalue weighted by Gasteiger charge is -2.14. The third-order valence-electron chi connectivity index (χ3n) is 3.03. The fourth-order valence-corrected chi connectivity index (χ4v) is 2.21. The molecule has 1 heterocycles. The lowest BCUT2D eigenvalue weighted by atomic mass is 10.1. The van der Waals surface area contributed by atoms with Gasteiger partial charge in [-0.15, -0.1) is 0 Å². The normalized spacial score (nSPS) is 25.6. The van der Waals surface area contributed by atoms with Crippen LogP contribution in [-0.4, -0.2) is 36.4 Å². The van der Waals surface area contributed by atoms with Gasteiger partial charge in [0, 0.05) is 13.0 Å². The summed E-state index contributed by atoms with van der Waals surface area (Å²) >= 11 is 0. The molecule has 1 aliphatic heterocycles. The number of carbonyl (C=O) groups excluding carboxylic acids is 1. The second-order valence-electron chi connectivity index (χ2n) is 4.35. The van der Waals surface area contributed by atoms with E-state index >= 15 is 0 Å². The van der Waals surface area contributed by atoms with Crippen molar-refractivity contribution in [2.45, 2.75) is 25.5 Å². The highest BCUT2D eigenvalue weighted by Crippen LogP contribution is 2.21. The number of hydrogen-bond acceptors (Lipinski definition) is 3. The molecule has 1 aromatic rings. The van der Waals surface area contributed by atoms with E-state index in [1.54, 1.807) is 6.92 Å². The Morgan fingerprint density at radius 1 is 1.38 bits per heavy atom. The van der Waals surface area contributed by atoms with Crippen molar-refractivity contribution in [3.63, 3.8) is 0 Å². The molecule has 1 fully saturated rings. The third kappa shape index (κ3) is 2.42. The second kappa shape index (κ2) is 4.66. The Labute approximate surface area is 96.0 Å². The standard InChI is InChI=1S/C13H17NO2/c1-10(15)13-8-12(9-14(13)2)16-11-6-4-3-5-7-11/h3-7,12-13H,8-9H2,1-2H3/t12-,13-/m0/s1. The van der Waals surface area contributed by atoms with Crippen LogP contribution in [0.3, 0.4) is 0 Å². The van der Waals surface area contributed by atoms with Crippen molar-refractivity contribution in [3.8, 4) is 5.75 Å². The number of ether oxygens (including phenoxy) is 1. The summed E-state index contributed by atoms with van der Waals surface area (Å²) < 4.78 is 5.83. The molecule has 0 aliphatic carbocycles. The number of ketones is 1. The third-order valence-corrected chi connectivity index (χ3v) is 3.03. The molecule has 2 rings (SSSR count). The monoisotopic (exact) mass is 219 g/mol. The van der Waals surface area contributed by atoms with Gasteiger partial charge in [-0.1, -0.05) is 18.2 Å². The molecule has 1 aromatic carbocycles. The average Bonchev–Trinajstić information content (AvgIpc) is 2.61. The molecule has 0 N–H and O–H groups in total. The molecule has 3 heteroatoms. The van der Waals surface area contributed by atoms with Crippen LogP contribution in [0.5, 0.6) is 5.75 Å². The lowest BCUT2D eigenvalue weighted by Crippen LogP contribution is -2.31. The Morgan fingerprint density at radius 2 is 2.06 bits per heavy atom. The predicted molar refractivity (Wildman–Crippen MR) is 62.6 cm³/mol. The van der Waals surface area contributed by atoms with E-state index in [1.807, 2.05) is 37.4 Å². The van der Waals surface area contributed by atoms with E-state index < -0.39 is 0 Å². The van der Waals surface area contributed by atoms with Gasteiger partial charge in [-0.3, -0.25) is 9.69 Å². The fourth-order valence-electron chi connectivity index (χ4n) is 2.21. The molecular formula is C13H17NO2. The van der Waals surface area contributed by atoms with E-state index in [4.69, 9.17) is 4.74 Å². The van der Waals surface area contributed by atoms with Crippen molar-refractivity contribution in [2.75, 3.05) is 13.6 Å². The maximum absolute atomic E-state index is 11.4. The van der Waals surface area contributed by atoms with E-state index in [9.17, 15) is 4.79 Å². The molecule has 0 unspecified atom stereocenters. The zero-order valence-corrected chi connectivity index (χ0v) is 9.72. The van der Waals surface area contributed by atoms with Gasteiger partial charge in [0.15, 0.2) is 0 Å². The first-order valence-electron chi connectivity index (χ1n) is 5.59. The van der Waals surface area contributed by atoms with E-state index in [-0.39, 0.29) is 17.9 Å². The number of likely N-dealkylation sites (tertiary alicyclic amines) is 1. The Morgan fingerprint density at radius 3 is 2.62 bits per heavy atom. The quantitative estimate of drug-likeness (QED) is 0.775. The second-order valence-corrected chi connectivity index (χ2v) is 4.35. The van der Waals surface area contributed by atoms with E-state index in [1.165, 1.54) is 0 Å². The van der Waals surface area contributed by atoms with Gasteiger partial charge >= 0.3 is 0 Å². The Kier molecular flexibility index (Phi) is 3.25. The van der Waals surface area contributed by atoms with Gasteiger partial charge in [0.05, 0.1) is 6.04 Å². The summed E-state index contributed by atoms with van der Waals surface area (Å²) in [5, 5.41) is 0. The molecule has 2 atom stereocenters. The van der Waals surface area contributed by atoms with Crippen LogP contribution in [0.25, 0.3) is 0 Å². The van der Waals surface area contributed by atoms with Crippen LogP contribution in [0.4, 0.5) is 0 Å². The maximum atomic E-state index is 11.4. The van der Waals surface area contributed by atoms with Gasteiger partial charge in [0.1, 0.15) is 17.6 Å². The molecule has 1 aliphatic rings. The topological polar surface area (TPSA) is 29.5 Å². The highest BCUT2D eigenvalue weighted by molar-refractivity contribution is 5.81. The molecule has 0 radical (unpaired) electrons. The molecule has 0 bridgehead atoms. The summed E-state index contributed by atoms with van der Waals surface area (Å²) in [4.78, 5) is 13.4. The first-order chi connectivity index (χ1) is 7.66. The molecule has 0 saturated carbocycles. The number of para-hydroxylation sites is 1. The summed E-state index contributed by atoms with van der Waals surface area (Å²) in [6.45, 7) is 2.46. The van der Waals surface area contributed by atoms with Crippen LogP contribution in [-0.2, 0) is 4.79 Å². The SMILES string of the molecule is CC(=O)[C@@H]1C[C@H](Oc2ccccc2)CN1C. The summed E-state index contributed by atoms with van der Waals surface area (Å²) in [7, 11) is 1.97. The minimum absolute atomic E-state index is 0.0220. The van der Waals surface area contributed by atoms with Crippen LogP contribution in [0.2, 0.25) is 0 Å². The molecule has 3 nitrogen and oxygen atoms in total. The predicted octanol–water partition coefficient (Wildman–Crippen LogP) is 1.73. The van der Waals surface area contributed by atoms with Crippen molar-refractivity contribution in [2.24, 2.45) is 0 Å². The first kappa shape index (κ1) is 11.1. The number of Topliss-reactive ketones (excluding diaryl/α,β-unsaturated/α-hetero) is 1. The number of carbonyl (C=O) groups is 1. The molecule has 1 saturated heterocycles. The zero-order valence-electron chi connectivity index (χ0n) is 9.72. The van der Waals surface area contributed by atoms with Crippen molar-refractivity contribution in [3.05, 3.63) is 30.3 Å². The van der Waals surface area contributed by atoms with E-state index in [0.717, 1.165) is 18.7 Å². The van der Waals surface area contributed by atoms with Crippen molar-refractivity contribution in [1.82, 2.24) is 4.90 Å². The summed E-state index contributed by atoms with van der Waals surface area (Å²) in [6, 6.07) is 9.79. The van der Waals surface area contributed by atoms with Crippen LogP contribution >= 0.6 is 0 Å². The van der Waals surface area contributed by atoms with Gasteiger partial charge in [-0.2, -0.15) is 0 Å². The van der Waals surface area contributed by atoms with Crippen molar-refractivity contribution >= 4 is 5.78 Å². The first-order valence-corrected chi connectivity index (χ1v) is 5.59. The van der Waals surface area contributed by atoms with Crippen LogP contribution in [0.15, 0.2) is 30.3 Å². The summed E-state index contributed by atoms with van der Waals surface area (Å²) in [5.74, 6) is 1.10. The molecule has 16 heavy (non-hydrogen) atoms. The van der Waals surface area contributed by atoms with E-state index in [2.05, 4.69) is 4.90 Å². The average molecular weight is 219 g/mol. The van der Waals surface area contributed by atoms with Crippen molar-refractivity contribution < 1.29 is 9.53 Å². The van der Waals surface area contributed by atoms with Gasteiger partial charge in [-0.05, 0) is 26.1 Å². The van der Waals surface area contributed by atoms with Crippen LogP contribution in [0.1, 0.15) is 13.3 Å². The summed E-state index contributed by atoms with van der Waals surface area (Å²) in [6.07, 6.45) is 0.919. The number of likely N-dealkylation sites (N-methyl/N-ethyl adjacent to an activating group) is 1. The Hall–Kier alpha value is -1.35. The molecule has 0 aromatic heterocycles. The Bertz CT molecular complexity index is 363. The maximum Gasteiger partial charge on any atom is 0.147 e. The highest BCUT2D eigenvalue weighted by atomic mass is 16.5. The van der Waals surface area contributed by atoms with Gasteiger partial charge < -0.3 is 4.74 Å². The van der Waals surface area contributed by atoms with Crippen LogP contribution in [0, 0.1) is 0 Å². The van der Waals surface area contributed by atoms with E-state index in [0.29, 0.717) is 0 Å². The number of benzene rings is 1. The minimum atomic E-state index is 0.0220. The van der Waals surface area contributed by atoms with Crippen molar-refractivity contribution in [1.29, 1.82) is 0 Å². The minimum Gasteiger partial charge on any atom is -0.489 e. The van der Waals surface area contributed by atoms with Gasteiger partial charge in [-0.25, -0.2) is 0 Å². The number of rotatable bonds is 3. The largest absolute Gasteiger partial charge is 0.489 e. The van der Waals surface area contributed by atoms with Gasteiger partial charge in [0.2, 0.25) is 0 Å². The molecule has 0 amide bonds. The molecule has 0 spiro atoms. The molecule has 86 valence electrons. The van der Waals surface area contributed by atoms with Gasteiger partial charge in [0.25, 0.3) is 0 Å². The lowest BCUT2D eigenvalue weighted by molar-refractivity contribution is -0.120. The Balaban J connectivity index is 1.96. The smallest absolute Gasteiger partial charge is 0.147 e. The van der Waals surface area contributed by atoms with Crippen LogP contribution < -0.4 is 4.74 Å². The fraction of sp³-hybridized carbons (Fsp3) is 0.462. The number of hydrogen-bond donors (Lipinski definition) is 0. The summed E-state index contributed by atoms with van der Waals surface area (Å²) in [5.41, 5.74) is 0. The zero-order chi connectivity index (χ0) is 11.5. The highest BCUT2D eigenvalue weighted by Gasteiger charge is 2.33. The molecular weight excluding hydrogens is 202 g/mol.